The number of hydrazone groups is 1. The van der Waals surface area contributed by atoms with Crippen LogP contribution in [0.2, 0.25) is 0 Å². The lowest BCUT2D eigenvalue weighted by atomic mass is 10.1. The van der Waals surface area contributed by atoms with Crippen LogP contribution in [0.5, 0.6) is 0 Å². The SMILES string of the molecule is CCCCN1N=C(C)S/C1=C\C(=O)c1ccccc1Br. The van der Waals surface area contributed by atoms with Crippen LogP contribution in [0.4, 0.5) is 0 Å². The molecule has 0 bridgehead atoms. The number of nitrogens with zero attached hydrogens (tertiary/aromatic N) is 2. The molecule has 1 heterocycles. The van der Waals surface area contributed by atoms with Gasteiger partial charge in [-0.25, -0.2) is 0 Å². The number of carbonyl (C=O) groups excluding carboxylic acids is 1. The van der Waals surface area contributed by atoms with Gasteiger partial charge in [-0.3, -0.25) is 9.80 Å². The third-order valence-corrected chi connectivity index (χ3v) is 4.49. The summed E-state index contributed by atoms with van der Waals surface area (Å²) in [6.07, 6.45) is 3.86. The van der Waals surface area contributed by atoms with E-state index in [1.54, 1.807) is 17.8 Å². The second kappa shape index (κ2) is 7.09. The third-order valence-electron chi connectivity index (χ3n) is 2.89. The van der Waals surface area contributed by atoms with Crippen molar-refractivity contribution in [1.29, 1.82) is 0 Å². The topological polar surface area (TPSA) is 32.7 Å². The summed E-state index contributed by atoms with van der Waals surface area (Å²) in [4.78, 5) is 12.4. The van der Waals surface area contributed by atoms with Crippen LogP contribution >= 0.6 is 27.7 Å². The average Bonchev–Trinajstić information content (AvgIpc) is 2.76. The van der Waals surface area contributed by atoms with Gasteiger partial charge in [0.15, 0.2) is 5.78 Å². The molecule has 1 aromatic carbocycles. The van der Waals surface area contributed by atoms with Gasteiger partial charge in [-0.2, -0.15) is 5.10 Å². The zero-order chi connectivity index (χ0) is 14.5. The minimum absolute atomic E-state index is 0.00590. The molecule has 0 fully saturated rings. The van der Waals surface area contributed by atoms with Crippen molar-refractivity contribution < 1.29 is 4.79 Å². The van der Waals surface area contributed by atoms with Gasteiger partial charge in [-0.1, -0.05) is 53.2 Å². The standard InChI is InChI=1S/C15H17BrN2OS/c1-3-4-9-18-15(20-11(2)17-18)10-14(19)12-7-5-6-8-13(12)16/h5-8,10H,3-4,9H2,1-2H3/b15-10-. The van der Waals surface area contributed by atoms with Crippen LogP contribution in [-0.2, 0) is 0 Å². The highest BCUT2D eigenvalue weighted by Gasteiger charge is 2.20. The monoisotopic (exact) mass is 352 g/mol. The Bertz CT molecular complexity index is 569. The van der Waals surface area contributed by atoms with Gasteiger partial charge < -0.3 is 0 Å². The highest BCUT2D eigenvalue weighted by Crippen LogP contribution is 2.30. The average molecular weight is 353 g/mol. The van der Waals surface area contributed by atoms with E-state index in [-0.39, 0.29) is 5.78 Å². The summed E-state index contributed by atoms with van der Waals surface area (Å²) in [6.45, 7) is 4.97. The fraction of sp³-hybridized carbons (Fsp3) is 0.333. The first-order valence-electron chi connectivity index (χ1n) is 6.63. The number of hydrogen-bond donors (Lipinski definition) is 0. The molecule has 1 aliphatic rings. The lowest BCUT2D eigenvalue weighted by Crippen LogP contribution is -2.14. The Morgan fingerprint density at radius 1 is 1.45 bits per heavy atom. The minimum atomic E-state index is 0.00590. The van der Waals surface area contributed by atoms with Crippen LogP contribution in [-0.4, -0.2) is 22.4 Å². The molecule has 3 nitrogen and oxygen atoms in total. The Balaban J connectivity index is 2.17. The third kappa shape index (κ3) is 3.73. The molecule has 0 unspecified atom stereocenters. The summed E-state index contributed by atoms with van der Waals surface area (Å²) in [5.41, 5.74) is 0.681. The lowest BCUT2D eigenvalue weighted by molar-refractivity contribution is 0.104. The molecule has 1 aliphatic heterocycles. The van der Waals surface area contributed by atoms with E-state index in [1.165, 1.54) is 0 Å². The molecular formula is C15H17BrN2OS. The van der Waals surface area contributed by atoms with Crippen molar-refractivity contribution in [3.8, 4) is 0 Å². The summed E-state index contributed by atoms with van der Waals surface area (Å²) >= 11 is 4.97. The Labute approximate surface area is 132 Å². The number of allylic oxidation sites excluding steroid dienone is 1. The van der Waals surface area contributed by atoms with E-state index >= 15 is 0 Å². The lowest BCUT2D eigenvalue weighted by Gasteiger charge is -2.14. The second-order valence-electron chi connectivity index (χ2n) is 4.52. The fourth-order valence-corrected chi connectivity index (χ4v) is 3.19. The maximum Gasteiger partial charge on any atom is 0.189 e. The number of unbranched alkanes of at least 4 members (excludes halogenated alkanes) is 1. The first-order chi connectivity index (χ1) is 9.61. The molecule has 0 N–H and O–H groups in total. The van der Waals surface area contributed by atoms with Gasteiger partial charge in [-0.15, -0.1) is 0 Å². The highest BCUT2D eigenvalue weighted by atomic mass is 79.9. The van der Waals surface area contributed by atoms with E-state index < -0.39 is 0 Å². The van der Waals surface area contributed by atoms with Crippen molar-refractivity contribution in [2.24, 2.45) is 5.10 Å². The van der Waals surface area contributed by atoms with Crippen LogP contribution in [0.1, 0.15) is 37.0 Å². The van der Waals surface area contributed by atoms with Crippen molar-refractivity contribution >= 4 is 38.5 Å². The molecule has 0 aromatic heterocycles. The van der Waals surface area contributed by atoms with Crippen molar-refractivity contribution in [3.05, 3.63) is 45.4 Å². The first kappa shape index (κ1) is 15.3. The van der Waals surface area contributed by atoms with Crippen molar-refractivity contribution in [2.45, 2.75) is 26.7 Å². The molecule has 106 valence electrons. The zero-order valence-electron chi connectivity index (χ0n) is 11.6. The molecule has 0 aliphatic carbocycles. The van der Waals surface area contributed by atoms with Crippen LogP contribution < -0.4 is 0 Å². The van der Waals surface area contributed by atoms with Gasteiger partial charge in [0, 0.05) is 22.7 Å². The van der Waals surface area contributed by atoms with Crippen LogP contribution in [0, 0.1) is 0 Å². The van der Waals surface area contributed by atoms with Gasteiger partial charge in [0.1, 0.15) is 5.03 Å². The number of ketones is 1. The van der Waals surface area contributed by atoms with Crippen molar-refractivity contribution in [1.82, 2.24) is 5.01 Å². The van der Waals surface area contributed by atoms with Crippen LogP contribution in [0.3, 0.4) is 0 Å². The smallest absolute Gasteiger partial charge is 0.189 e. The summed E-state index contributed by atoms with van der Waals surface area (Å²) in [7, 11) is 0. The molecule has 1 aromatic rings. The Morgan fingerprint density at radius 2 is 2.20 bits per heavy atom. The minimum Gasteiger partial charge on any atom is -0.289 e. The van der Waals surface area contributed by atoms with Crippen LogP contribution in [0.25, 0.3) is 0 Å². The highest BCUT2D eigenvalue weighted by molar-refractivity contribution is 9.10. The predicted molar refractivity (Wildman–Crippen MR) is 88.9 cm³/mol. The summed E-state index contributed by atoms with van der Waals surface area (Å²) < 4.78 is 0.822. The van der Waals surface area contributed by atoms with Gasteiger partial charge in [-0.05, 0) is 25.5 Å². The summed E-state index contributed by atoms with van der Waals surface area (Å²) in [5.74, 6) is 0.00590. The van der Waals surface area contributed by atoms with Gasteiger partial charge in [0.2, 0.25) is 0 Å². The summed E-state index contributed by atoms with van der Waals surface area (Å²) in [6, 6.07) is 7.48. The number of halogens is 1. The Morgan fingerprint density at radius 3 is 2.90 bits per heavy atom. The molecule has 2 rings (SSSR count). The first-order valence-corrected chi connectivity index (χ1v) is 8.24. The molecule has 5 heteroatoms. The quantitative estimate of drug-likeness (QED) is 0.570. The maximum absolute atomic E-state index is 12.4. The molecule has 0 radical (unpaired) electrons. The predicted octanol–water partition coefficient (Wildman–Crippen LogP) is 4.66. The van der Waals surface area contributed by atoms with Gasteiger partial charge >= 0.3 is 0 Å². The zero-order valence-corrected chi connectivity index (χ0v) is 14.0. The van der Waals surface area contributed by atoms with E-state index in [2.05, 4.69) is 28.0 Å². The van der Waals surface area contributed by atoms with E-state index in [0.29, 0.717) is 5.56 Å². The number of rotatable bonds is 5. The Kier molecular flexibility index (Phi) is 5.43. The van der Waals surface area contributed by atoms with E-state index in [4.69, 9.17) is 0 Å². The number of hydrogen-bond acceptors (Lipinski definition) is 4. The van der Waals surface area contributed by atoms with Crippen molar-refractivity contribution in [3.63, 3.8) is 0 Å². The molecule has 20 heavy (non-hydrogen) atoms. The number of carbonyl (C=O) groups is 1. The number of thioether (sulfide) groups is 1. The Hall–Kier alpha value is -1.07. The largest absolute Gasteiger partial charge is 0.289 e. The molecular weight excluding hydrogens is 336 g/mol. The molecule has 0 saturated heterocycles. The maximum atomic E-state index is 12.4. The van der Waals surface area contributed by atoms with E-state index in [1.807, 2.05) is 36.2 Å². The van der Waals surface area contributed by atoms with Gasteiger partial charge in [0.05, 0.1) is 5.04 Å². The fourth-order valence-electron chi connectivity index (χ4n) is 1.87. The van der Waals surface area contributed by atoms with Crippen molar-refractivity contribution in [2.75, 3.05) is 6.54 Å². The number of benzene rings is 1. The van der Waals surface area contributed by atoms with Gasteiger partial charge in [0.25, 0.3) is 0 Å². The normalized spacial score (nSPS) is 16.6. The van der Waals surface area contributed by atoms with Crippen LogP contribution in [0.15, 0.2) is 44.9 Å². The molecule has 0 spiro atoms. The summed E-state index contributed by atoms with van der Waals surface area (Å²) in [5, 5.41) is 8.28. The van der Waals surface area contributed by atoms with E-state index in [9.17, 15) is 4.79 Å². The molecule has 0 amide bonds. The molecule has 0 atom stereocenters. The van der Waals surface area contributed by atoms with E-state index in [0.717, 1.165) is 33.9 Å². The second-order valence-corrected chi connectivity index (χ2v) is 6.59. The molecule has 0 saturated carbocycles.